The van der Waals surface area contributed by atoms with Crippen LogP contribution >= 0.6 is 0 Å². The average molecular weight is 284 g/mol. The third kappa shape index (κ3) is 5.36. The minimum absolute atomic E-state index is 0.0278. The molecule has 0 radical (unpaired) electrons. The second-order valence-corrected chi connectivity index (χ2v) is 5.73. The van der Waals surface area contributed by atoms with Crippen LogP contribution in [0, 0.1) is 5.92 Å². The molecular formula is C14H28N4O2. The van der Waals surface area contributed by atoms with Crippen molar-refractivity contribution in [2.24, 2.45) is 10.9 Å². The molecule has 1 amide bonds. The maximum absolute atomic E-state index is 11.6. The van der Waals surface area contributed by atoms with Gasteiger partial charge in [-0.25, -0.2) is 0 Å². The number of nitrogens with zero attached hydrogens (tertiary/aromatic N) is 2. The van der Waals surface area contributed by atoms with Gasteiger partial charge in [-0.05, 0) is 18.8 Å². The lowest BCUT2D eigenvalue weighted by atomic mass is 9.95. The van der Waals surface area contributed by atoms with Gasteiger partial charge < -0.3 is 20.3 Å². The first kappa shape index (κ1) is 16.8. The molecule has 1 aliphatic rings. The molecule has 2 unspecified atom stereocenters. The Balaban J connectivity index is 2.42. The van der Waals surface area contributed by atoms with Crippen LogP contribution in [-0.4, -0.2) is 63.2 Å². The van der Waals surface area contributed by atoms with Crippen LogP contribution in [-0.2, 0) is 9.53 Å². The smallest absolute Gasteiger partial charge is 0.241 e. The molecule has 1 fully saturated rings. The SMILES string of the molecule is CN=C(NCC(=O)N(C)C)NC1CCOC(C(C)C)C1. The van der Waals surface area contributed by atoms with Gasteiger partial charge in [-0.15, -0.1) is 0 Å². The third-order valence-electron chi connectivity index (χ3n) is 3.53. The largest absolute Gasteiger partial charge is 0.378 e. The van der Waals surface area contributed by atoms with Crippen molar-refractivity contribution in [2.75, 3.05) is 34.3 Å². The topological polar surface area (TPSA) is 66.0 Å². The molecule has 1 heterocycles. The van der Waals surface area contributed by atoms with E-state index in [1.165, 1.54) is 0 Å². The number of carbonyl (C=O) groups excluding carboxylic acids is 1. The zero-order chi connectivity index (χ0) is 15.1. The van der Waals surface area contributed by atoms with Crippen molar-refractivity contribution >= 4 is 11.9 Å². The van der Waals surface area contributed by atoms with Crippen molar-refractivity contribution in [3.8, 4) is 0 Å². The Hall–Kier alpha value is -1.30. The summed E-state index contributed by atoms with van der Waals surface area (Å²) in [7, 11) is 5.20. The van der Waals surface area contributed by atoms with Gasteiger partial charge in [-0.2, -0.15) is 0 Å². The van der Waals surface area contributed by atoms with E-state index in [9.17, 15) is 4.79 Å². The Morgan fingerprint density at radius 3 is 2.70 bits per heavy atom. The van der Waals surface area contributed by atoms with E-state index < -0.39 is 0 Å². The van der Waals surface area contributed by atoms with Gasteiger partial charge in [-0.1, -0.05) is 13.8 Å². The Bertz CT molecular complexity index is 342. The highest BCUT2D eigenvalue weighted by Gasteiger charge is 2.25. The second kappa shape index (κ2) is 8.09. The zero-order valence-electron chi connectivity index (χ0n) is 13.3. The highest BCUT2D eigenvalue weighted by molar-refractivity contribution is 5.86. The molecule has 0 aliphatic carbocycles. The van der Waals surface area contributed by atoms with Gasteiger partial charge in [0, 0.05) is 33.8 Å². The summed E-state index contributed by atoms with van der Waals surface area (Å²) in [6.45, 7) is 5.38. The zero-order valence-corrected chi connectivity index (χ0v) is 13.3. The number of ether oxygens (including phenoxy) is 1. The second-order valence-electron chi connectivity index (χ2n) is 5.73. The van der Waals surface area contributed by atoms with Crippen molar-refractivity contribution in [1.29, 1.82) is 0 Å². The molecule has 20 heavy (non-hydrogen) atoms. The summed E-state index contributed by atoms with van der Waals surface area (Å²) in [4.78, 5) is 17.3. The van der Waals surface area contributed by atoms with Crippen molar-refractivity contribution in [1.82, 2.24) is 15.5 Å². The lowest BCUT2D eigenvalue weighted by molar-refractivity contribution is -0.127. The van der Waals surface area contributed by atoms with Gasteiger partial charge in [-0.3, -0.25) is 9.79 Å². The fraction of sp³-hybridized carbons (Fsp3) is 0.857. The van der Waals surface area contributed by atoms with Crippen LogP contribution in [0.2, 0.25) is 0 Å². The van der Waals surface area contributed by atoms with Gasteiger partial charge in [0.05, 0.1) is 12.6 Å². The van der Waals surface area contributed by atoms with Crippen molar-refractivity contribution in [3.05, 3.63) is 0 Å². The Morgan fingerprint density at radius 1 is 1.45 bits per heavy atom. The number of carbonyl (C=O) groups is 1. The van der Waals surface area contributed by atoms with Crippen LogP contribution in [0.3, 0.4) is 0 Å². The van der Waals surface area contributed by atoms with E-state index in [0.717, 1.165) is 19.4 Å². The van der Waals surface area contributed by atoms with Crippen LogP contribution < -0.4 is 10.6 Å². The lowest BCUT2D eigenvalue weighted by Gasteiger charge is -2.33. The summed E-state index contributed by atoms with van der Waals surface area (Å²) in [5.41, 5.74) is 0. The number of likely N-dealkylation sites (N-methyl/N-ethyl adjacent to an activating group) is 1. The van der Waals surface area contributed by atoms with E-state index in [1.807, 2.05) is 0 Å². The fourth-order valence-electron chi connectivity index (χ4n) is 2.13. The minimum Gasteiger partial charge on any atom is -0.378 e. The molecule has 2 N–H and O–H groups in total. The fourth-order valence-corrected chi connectivity index (χ4v) is 2.13. The Labute approximate surface area is 122 Å². The lowest BCUT2D eigenvalue weighted by Crippen LogP contribution is -2.49. The quantitative estimate of drug-likeness (QED) is 0.581. The third-order valence-corrected chi connectivity index (χ3v) is 3.53. The number of hydrogen-bond acceptors (Lipinski definition) is 3. The first-order valence-corrected chi connectivity index (χ1v) is 7.23. The molecule has 116 valence electrons. The number of amides is 1. The summed E-state index contributed by atoms with van der Waals surface area (Å²) in [5.74, 6) is 1.22. The van der Waals surface area contributed by atoms with Crippen LogP contribution in [0.25, 0.3) is 0 Å². The Morgan fingerprint density at radius 2 is 2.15 bits per heavy atom. The molecular weight excluding hydrogens is 256 g/mol. The molecule has 6 nitrogen and oxygen atoms in total. The van der Waals surface area contributed by atoms with Gasteiger partial charge in [0.25, 0.3) is 0 Å². The summed E-state index contributed by atoms with van der Waals surface area (Å²) in [5, 5.41) is 6.42. The monoisotopic (exact) mass is 284 g/mol. The van der Waals surface area contributed by atoms with Gasteiger partial charge in [0.1, 0.15) is 0 Å². The first-order valence-electron chi connectivity index (χ1n) is 7.23. The molecule has 0 aromatic rings. The Kier molecular flexibility index (Phi) is 6.78. The predicted octanol–water partition coefficient (Wildman–Crippen LogP) is 0.443. The molecule has 0 aromatic carbocycles. The summed E-state index contributed by atoms with van der Waals surface area (Å²) in [6.07, 6.45) is 2.23. The molecule has 6 heteroatoms. The summed E-state index contributed by atoms with van der Waals surface area (Å²) < 4.78 is 5.75. The van der Waals surface area contributed by atoms with Gasteiger partial charge >= 0.3 is 0 Å². The summed E-state index contributed by atoms with van der Waals surface area (Å²) in [6, 6.07) is 0.344. The van der Waals surface area contributed by atoms with Gasteiger partial charge in [0.15, 0.2) is 5.96 Å². The number of nitrogens with one attached hydrogen (secondary N) is 2. The molecule has 0 bridgehead atoms. The van der Waals surface area contributed by atoms with Crippen LogP contribution in [0.5, 0.6) is 0 Å². The predicted molar refractivity (Wildman–Crippen MR) is 80.8 cm³/mol. The molecule has 0 aromatic heterocycles. The maximum Gasteiger partial charge on any atom is 0.241 e. The van der Waals surface area contributed by atoms with E-state index in [-0.39, 0.29) is 12.5 Å². The van der Waals surface area contributed by atoms with Crippen molar-refractivity contribution in [3.63, 3.8) is 0 Å². The van der Waals surface area contributed by atoms with E-state index in [0.29, 0.717) is 24.0 Å². The van der Waals surface area contributed by atoms with E-state index in [2.05, 4.69) is 29.5 Å². The summed E-state index contributed by atoms with van der Waals surface area (Å²) >= 11 is 0. The van der Waals surface area contributed by atoms with Crippen molar-refractivity contribution in [2.45, 2.75) is 38.8 Å². The number of aliphatic imine (C=N–C) groups is 1. The van der Waals surface area contributed by atoms with Crippen LogP contribution in [0.15, 0.2) is 4.99 Å². The van der Waals surface area contributed by atoms with Crippen LogP contribution in [0.4, 0.5) is 0 Å². The van der Waals surface area contributed by atoms with Gasteiger partial charge in [0.2, 0.25) is 5.91 Å². The first-order chi connectivity index (χ1) is 9.43. The molecule has 1 aliphatic heterocycles. The number of hydrogen-bond donors (Lipinski definition) is 2. The average Bonchev–Trinajstić information content (AvgIpc) is 2.43. The highest BCUT2D eigenvalue weighted by Crippen LogP contribution is 2.19. The molecule has 0 saturated carbocycles. The number of guanidine groups is 1. The molecule has 1 saturated heterocycles. The minimum atomic E-state index is 0.0278. The normalized spacial score (nSPS) is 23.6. The van der Waals surface area contributed by atoms with Crippen LogP contribution in [0.1, 0.15) is 26.7 Å². The standard InChI is InChI=1S/C14H28N4O2/c1-10(2)12-8-11(6-7-20-12)17-14(15-3)16-9-13(19)18(4)5/h10-12H,6-9H2,1-5H3,(H2,15,16,17). The number of rotatable bonds is 4. The molecule has 1 rings (SSSR count). The molecule has 2 atom stereocenters. The highest BCUT2D eigenvalue weighted by atomic mass is 16.5. The maximum atomic E-state index is 11.6. The van der Waals surface area contributed by atoms with Crippen molar-refractivity contribution < 1.29 is 9.53 Å². The van der Waals surface area contributed by atoms with E-state index in [4.69, 9.17) is 4.74 Å². The molecule has 0 spiro atoms. The van der Waals surface area contributed by atoms with E-state index in [1.54, 1.807) is 26.0 Å². The van der Waals surface area contributed by atoms with E-state index >= 15 is 0 Å².